The lowest BCUT2D eigenvalue weighted by Crippen LogP contribution is -2.49. The number of carboxylic acids is 1. The lowest BCUT2D eigenvalue weighted by molar-refractivity contribution is -0.131. The van der Waals surface area contributed by atoms with Crippen LogP contribution < -0.4 is 9.80 Å². The van der Waals surface area contributed by atoms with E-state index in [2.05, 4.69) is 41.6 Å². The van der Waals surface area contributed by atoms with Gasteiger partial charge in [-0.3, -0.25) is 9.69 Å². The van der Waals surface area contributed by atoms with E-state index in [1.165, 1.54) is 12.4 Å². The number of carbonyl (C=O) groups is 2. The smallest absolute Gasteiger partial charge is 0.338 e. The van der Waals surface area contributed by atoms with Gasteiger partial charge in [0, 0.05) is 83.6 Å². The molecule has 0 saturated carbocycles. The predicted molar refractivity (Wildman–Crippen MR) is 127 cm³/mol. The van der Waals surface area contributed by atoms with Crippen LogP contribution in [-0.2, 0) is 11.2 Å². The highest BCUT2D eigenvalue weighted by Gasteiger charge is 2.23. The minimum absolute atomic E-state index is 0.0902. The first kappa shape index (κ1) is 23.8. The van der Waals surface area contributed by atoms with Gasteiger partial charge >= 0.3 is 5.97 Å². The van der Waals surface area contributed by atoms with E-state index < -0.39 is 5.97 Å². The van der Waals surface area contributed by atoms with E-state index in [-0.39, 0.29) is 11.5 Å². The molecule has 34 heavy (non-hydrogen) atoms. The van der Waals surface area contributed by atoms with Crippen LogP contribution in [0.2, 0.25) is 0 Å². The molecule has 2 saturated heterocycles. The molecule has 0 radical (unpaired) electrons. The van der Waals surface area contributed by atoms with Crippen LogP contribution >= 0.6 is 0 Å². The largest absolute Gasteiger partial charge is 0.478 e. The fraction of sp³-hybridized carbons (Fsp3) is 0.565. The van der Waals surface area contributed by atoms with Crippen molar-refractivity contribution in [2.45, 2.75) is 26.2 Å². The Hall–Kier alpha value is -3.34. The lowest BCUT2D eigenvalue weighted by Gasteiger charge is -2.36. The van der Waals surface area contributed by atoms with Gasteiger partial charge in [-0.25, -0.2) is 24.7 Å². The highest BCUT2D eigenvalue weighted by Crippen LogP contribution is 2.14. The molecule has 4 heterocycles. The van der Waals surface area contributed by atoms with Crippen molar-refractivity contribution < 1.29 is 14.7 Å². The predicted octanol–water partition coefficient (Wildman–Crippen LogP) is 0.778. The highest BCUT2D eigenvalue weighted by molar-refractivity contribution is 5.86. The Labute approximate surface area is 199 Å². The van der Waals surface area contributed by atoms with E-state index in [0.717, 1.165) is 70.2 Å². The van der Waals surface area contributed by atoms with Crippen LogP contribution in [-0.4, -0.2) is 106 Å². The van der Waals surface area contributed by atoms with Crippen molar-refractivity contribution in [3.63, 3.8) is 0 Å². The van der Waals surface area contributed by atoms with Gasteiger partial charge in [-0.15, -0.1) is 0 Å². The third kappa shape index (κ3) is 5.96. The fourth-order valence-corrected chi connectivity index (χ4v) is 4.23. The van der Waals surface area contributed by atoms with E-state index in [1.54, 1.807) is 0 Å². The van der Waals surface area contributed by atoms with Crippen molar-refractivity contribution in [2.75, 3.05) is 68.7 Å². The third-order valence-electron chi connectivity index (χ3n) is 6.42. The maximum atomic E-state index is 12.7. The van der Waals surface area contributed by atoms with Crippen molar-refractivity contribution in [1.29, 1.82) is 0 Å². The van der Waals surface area contributed by atoms with E-state index in [0.29, 0.717) is 25.5 Å². The maximum Gasteiger partial charge on any atom is 0.338 e. The molecule has 4 rings (SSSR count). The van der Waals surface area contributed by atoms with Gasteiger partial charge in [0.1, 0.15) is 0 Å². The Morgan fingerprint density at radius 1 is 0.824 bits per heavy atom. The molecule has 2 aromatic rings. The van der Waals surface area contributed by atoms with Gasteiger partial charge in [-0.1, -0.05) is 6.92 Å². The Kier molecular flexibility index (Phi) is 7.84. The molecule has 0 aromatic carbocycles. The second-order valence-electron chi connectivity index (χ2n) is 8.62. The fourth-order valence-electron chi connectivity index (χ4n) is 4.23. The summed E-state index contributed by atoms with van der Waals surface area (Å²) in [5.41, 5.74) is 1.22. The van der Waals surface area contributed by atoms with E-state index >= 15 is 0 Å². The lowest BCUT2D eigenvalue weighted by atomic mass is 10.2. The van der Waals surface area contributed by atoms with Crippen LogP contribution in [0.5, 0.6) is 0 Å². The number of hydrogen-bond donors (Lipinski definition) is 1. The number of aryl methyl sites for hydroxylation is 1. The van der Waals surface area contributed by atoms with Crippen molar-refractivity contribution in [1.82, 2.24) is 29.7 Å². The summed E-state index contributed by atoms with van der Waals surface area (Å²) in [6.45, 7) is 9.20. The molecule has 0 atom stereocenters. The first-order valence-electron chi connectivity index (χ1n) is 11.9. The van der Waals surface area contributed by atoms with E-state index in [9.17, 15) is 9.59 Å². The third-order valence-corrected chi connectivity index (χ3v) is 6.42. The molecule has 0 aliphatic carbocycles. The number of carboxylic acid groups (broad SMARTS) is 1. The normalized spacial score (nSPS) is 17.1. The van der Waals surface area contributed by atoms with Gasteiger partial charge in [0.25, 0.3) is 0 Å². The molecular weight excluding hydrogens is 436 g/mol. The Morgan fingerprint density at radius 2 is 1.35 bits per heavy atom. The summed E-state index contributed by atoms with van der Waals surface area (Å²) in [6.07, 6.45) is 8.76. The summed E-state index contributed by atoms with van der Waals surface area (Å²) in [5, 5.41) is 8.97. The van der Waals surface area contributed by atoms with Crippen molar-refractivity contribution >= 4 is 23.8 Å². The van der Waals surface area contributed by atoms with Gasteiger partial charge in [0.05, 0.1) is 5.56 Å². The van der Waals surface area contributed by atoms with Crippen LogP contribution in [0, 0.1) is 0 Å². The Bertz CT molecular complexity index is 953. The van der Waals surface area contributed by atoms with Crippen LogP contribution in [0.25, 0.3) is 0 Å². The number of nitrogens with zero attached hydrogens (tertiary/aromatic N) is 8. The monoisotopic (exact) mass is 468 g/mol. The zero-order chi connectivity index (χ0) is 23.9. The average molecular weight is 469 g/mol. The number of anilines is 2. The van der Waals surface area contributed by atoms with Crippen LogP contribution in [0.15, 0.2) is 24.8 Å². The van der Waals surface area contributed by atoms with E-state index in [1.807, 2.05) is 17.3 Å². The number of aromatic carboxylic acids is 1. The quantitative estimate of drug-likeness (QED) is 0.595. The summed E-state index contributed by atoms with van der Waals surface area (Å²) in [7, 11) is 0. The minimum atomic E-state index is -1.02. The van der Waals surface area contributed by atoms with Crippen LogP contribution in [0.3, 0.4) is 0 Å². The molecule has 1 N–H and O–H groups in total. The number of amides is 1. The number of rotatable bonds is 8. The summed E-state index contributed by atoms with van der Waals surface area (Å²) >= 11 is 0. The van der Waals surface area contributed by atoms with Gasteiger partial charge < -0.3 is 19.8 Å². The number of piperazine rings is 2. The molecule has 0 bridgehead atoms. The van der Waals surface area contributed by atoms with Crippen LogP contribution in [0.1, 0.15) is 35.7 Å². The molecule has 1 amide bonds. The highest BCUT2D eigenvalue weighted by atomic mass is 16.4. The molecule has 2 fully saturated rings. The molecule has 0 unspecified atom stereocenters. The second kappa shape index (κ2) is 11.2. The molecule has 2 aromatic heterocycles. The van der Waals surface area contributed by atoms with Crippen molar-refractivity contribution in [3.8, 4) is 0 Å². The number of aromatic nitrogens is 4. The number of hydrogen-bond acceptors (Lipinski definition) is 9. The standard InChI is InChI=1S/C23H32N8O3/c1-2-18-14-24-22(25-15-18)31-12-10-29(11-13-31)20(32)4-3-5-28-6-8-30(9-7-28)23-26-16-19(17-27-23)21(33)34/h14-17H,2-13H2,1H3,(H,33,34). The van der Waals surface area contributed by atoms with Gasteiger partial charge in [0.15, 0.2) is 0 Å². The van der Waals surface area contributed by atoms with Crippen molar-refractivity contribution in [3.05, 3.63) is 35.9 Å². The SMILES string of the molecule is CCc1cnc(N2CCN(C(=O)CCCN3CCN(c4ncc(C(=O)O)cn4)CC3)CC2)nc1. The van der Waals surface area contributed by atoms with Gasteiger partial charge in [-0.05, 0) is 24.9 Å². The average Bonchev–Trinajstić information content (AvgIpc) is 2.89. The van der Waals surface area contributed by atoms with Crippen molar-refractivity contribution in [2.24, 2.45) is 0 Å². The van der Waals surface area contributed by atoms with Gasteiger partial charge in [-0.2, -0.15) is 0 Å². The second-order valence-corrected chi connectivity index (χ2v) is 8.62. The molecule has 0 spiro atoms. The zero-order valence-electron chi connectivity index (χ0n) is 19.6. The summed E-state index contributed by atoms with van der Waals surface area (Å²) in [4.78, 5) is 49.4. The molecule has 11 nitrogen and oxygen atoms in total. The Balaban J connectivity index is 1.13. The summed E-state index contributed by atoms with van der Waals surface area (Å²) in [5.74, 6) is 0.494. The number of carbonyl (C=O) groups excluding carboxylic acids is 1. The summed E-state index contributed by atoms with van der Waals surface area (Å²) < 4.78 is 0. The Morgan fingerprint density at radius 3 is 1.88 bits per heavy atom. The first-order chi connectivity index (χ1) is 16.5. The minimum Gasteiger partial charge on any atom is -0.478 e. The molecule has 182 valence electrons. The molecular formula is C23H32N8O3. The molecule has 2 aliphatic rings. The molecule has 2 aliphatic heterocycles. The maximum absolute atomic E-state index is 12.7. The van der Waals surface area contributed by atoms with Gasteiger partial charge in [0.2, 0.25) is 17.8 Å². The molecule has 11 heteroatoms. The van der Waals surface area contributed by atoms with Crippen LogP contribution in [0.4, 0.5) is 11.9 Å². The summed E-state index contributed by atoms with van der Waals surface area (Å²) in [6, 6.07) is 0. The topological polar surface area (TPSA) is 119 Å². The van der Waals surface area contributed by atoms with E-state index in [4.69, 9.17) is 5.11 Å². The first-order valence-corrected chi connectivity index (χ1v) is 11.9. The zero-order valence-corrected chi connectivity index (χ0v) is 19.6.